The molecule has 0 aliphatic heterocycles. The molecule has 92 valence electrons. The van der Waals surface area contributed by atoms with Crippen LogP contribution in [0.5, 0.6) is 0 Å². The minimum atomic E-state index is 0.380. The van der Waals surface area contributed by atoms with E-state index >= 15 is 0 Å². The zero-order chi connectivity index (χ0) is 11.8. The van der Waals surface area contributed by atoms with Crippen molar-refractivity contribution < 1.29 is 4.79 Å². The largest absolute Gasteiger partial charge is 0.330 e. The van der Waals surface area contributed by atoms with Crippen molar-refractivity contribution in [2.24, 2.45) is 11.7 Å². The Bertz CT molecular complexity index is 245. The Morgan fingerprint density at radius 1 is 1.38 bits per heavy atom. The second-order valence-corrected chi connectivity index (χ2v) is 4.97. The van der Waals surface area contributed by atoms with Gasteiger partial charge in [-0.1, -0.05) is 19.4 Å². The lowest BCUT2D eigenvalue weighted by Gasteiger charge is -2.10. The monoisotopic (exact) mass is 223 g/mol. The Balaban J connectivity index is 2.30. The van der Waals surface area contributed by atoms with Crippen molar-refractivity contribution in [2.45, 2.75) is 58.3 Å². The molecule has 0 fully saturated rings. The molecule has 1 atom stereocenters. The Morgan fingerprint density at radius 3 is 2.94 bits per heavy atom. The number of Topliss-reactive ketones (excluding diaryl/α,β-unsaturated/α-hetero) is 1. The van der Waals surface area contributed by atoms with Crippen molar-refractivity contribution in [3.8, 4) is 0 Å². The number of carbonyl (C=O) groups is 1. The van der Waals surface area contributed by atoms with E-state index in [2.05, 4.69) is 13.0 Å². The van der Waals surface area contributed by atoms with E-state index in [0.717, 1.165) is 37.8 Å². The third kappa shape index (κ3) is 4.93. The highest BCUT2D eigenvalue weighted by Crippen LogP contribution is 2.20. The Kier molecular flexibility index (Phi) is 6.39. The highest BCUT2D eigenvalue weighted by Gasteiger charge is 2.12. The van der Waals surface area contributed by atoms with Crippen LogP contribution in [0.2, 0.25) is 0 Å². The summed E-state index contributed by atoms with van der Waals surface area (Å²) in [6, 6.07) is 0. The van der Waals surface area contributed by atoms with Gasteiger partial charge in [0.1, 0.15) is 0 Å². The fourth-order valence-corrected chi connectivity index (χ4v) is 2.24. The zero-order valence-corrected chi connectivity index (χ0v) is 10.5. The van der Waals surface area contributed by atoms with Gasteiger partial charge in [-0.05, 0) is 56.6 Å². The van der Waals surface area contributed by atoms with Crippen LogP contribution in [-0.4, -0.2) is 12.3 Å². The quantitative estimate of drug-likeness (QED) is 0.751. The summed E-state index contributed by atoms with van der Waals surface area (Å²) in [6.45, 7) is 2.92. The summed E-state index contributed by atoms with van der Waals surface area (Å²) in [6.07, 6.45) is 10.7. The first-order chi connectivity index (χ1) is 7.74. The molecule has 16 heavy (non-hydrogen) atoms. The SMILES string of the molecule is CC(CCN)CCC(=O)C1=CCCCCC1. The molecule has 1 aliphatic rings. The minimum Gasteiger partial charge on any atom is -0.330 e. The van der Waals surface area contributed by atoms with Crippen molar-refractivity contribution in [3.05, 3.63) is 11.6 Å². The predicted molar refractivity (Wildman–Crippen MR) is 68.2 cm³/mol. The molecule has 0 heterocycles. The smallest absolute Gasteiger partial charge is 0.158 e. The van der Waals surface area contributed by atoms with E-state index in [1.54, 1.807) is 0 Å². The van der Waals surface area contributed by atoms with Gasteiger partial charge in [-0.25, -0.2) is 0 Å². The Morgan fingerprint density at radius 2 is 2.19 bits per heavy atom. The van der Waals surface area contributed by atoms with E-state index in [1.165, 1.54) is 19.3 Å². The van der Waals surface area contributed by atoms with Crippen LogP contribution in [0.3, 0.4) is 0 Å². The average molecular weight is 223 g/mol. The van der Waals surface area contributed by atoms with Gasteiger partial charge in [-0.15, -0.1) is 0 Å². The molecule has 0 saturated carbocycles. The van der Waals surface area contributed by atoms with Gasteiger partial charge in [-0.3, -0.25) is 4.79 Å². The normalized spacial score (nSPS) is 18.8. The summed E-state index contributed by atoms with van der Waals surface area (Å²) in [5.74, 6) is 0.964. The molecule has 2 nitrogen and oxygen atoms in total. The number of ketones is 1. The minimum absolute atomic E-state index is 0.380. The number of allylic oxidation sites excluding steroid dienone is 2. The molecule has 0 aromatic rings. The maximum absolute atomic E-state index is 12.0. The summed E-state index contributed by atoms with van der Waals surface area (Å²) in [5, 5.41) is 0. The molecule has 0 saturated heterocycles. The summed E-state index contributed by atoms with van der Waals surface area (Å²) in [4.78, 5) is 12.0. The fraction of sp³-hybridized carbons (Fsp3) is 0.786. The zero-order valence-electron chi connectivity index (χ0n) is 10.5. The average Bonchev–Trinajstić information content (AvgIpc) is 2.55. The van der Waals surface area contributed by atoms with Gasteiger partial charge in [0.15, 0.2) is 5.78 Å². The Labute approximate surface area is 99.3 Å². The van der Waals surface area contributed by atoms with Gasteiger partial charge in [0.25, 0.3) is 0 Å². The van der Waals surface area contributed by atoms with Crippen LogP contribution in [0, 0.1) is 5.92 Å². The van der Waals surface area contributed by atoms with Crippen molar-refractivity contribution in [1.29, 1.82) is 0 Å². The molecule has 0 aromatic heterocycles. The molecule has 1 rings (SSSR count). The summed E-state index contributed by atoms with van der Waals surface area (Å²) in [7, 11) is 0. The molecule has 2 N–H and O–H groups in total. The van der Waals surface area contributed by atoms with Crippen molar-refractivity contribution >= 4 is 5.78 Å². The maximum atomic E-state index is 12.0. The molecule has 0 aromatic carbocycles. The van der Waals surface area contributed by atoms with Gasteiger partial charge in [0, 0.05) is 6.42 Å². The summed E-state index contributed by atoms with van der Waals surface area (Å²) in [5.41, 5.74) is 6.60. The molecule has 0 amide bonds. The Hall–Kier alpha value is -0.630. The highest BCUT2D eigenvalue weighted by atomic mass is 16.1. The first kappa shape index (κ1) is 13.4. The first-order valence-corrected chi connectivity index (χ1v) is 6.66. The molecule has 0 radical (unpaired) electrons. The maximum Gasteiger partial charge on any atom is 0.158 e. The van der Waals surface area contributed by atoms with E-state index in [-0.39, 0.29) is 0 Å². The molecular formula is C14H25NO. The number of carbonyl (C=O) groups excluding carboxylic acids is 1. The van der Waals surface area contributed by atoms with Gasteiger partial charge in [-0.2, -0.15) is 0 Å². The fourth-order valence-electron chi connectivity index (χ4n) is 2.24. The summed E-state index contributed by atoms with van der Waals surface area (Å²) >= 11 is 0. The second kappa shape index (κ2) is 7.61. The van der Waals surface area contributed by atoms with E-state index in [9.17, 15) is 4.79 Å². The lowest BCUT2D eigenvalue weighted by molar-refractivity contribution is -0.116. The number of hydrogen-bond acceptors (Lipinski definition) is 2. The van der Waals surface area contributed by atoms with Crippen LogP contribution in [0.4, 0.5) is 0 Å². The van der Waals surface area contributed by atoms with Crippen LogP contribution in [0.15, 0.2) is 11.6 Å². The number of nitrogens with two attached hydrogens (primary N) is 1. The molecule has 1 aliphatic carbocycles. The van der Waals surface area contributed by atoms with E-state index in [4.69, 9.17) is 5.73 Å². The first-order valence-electron chi connectivity index (χ1n) is 6.66. The van der Waals surface area contributed by atoms with Gasteiger partial charge in [0.2, 0.25) is 0 Å². The van der Waals surface area contributed by atoms with Crippen LogP contribution >= 0.6 is 0 Å². The molecule has 2 heteroatoms. The number of hydrogen-bond donors (Lipinski definition) is 1. The lowest BCUT2D eigenvalue weighted by Crippen LogP contribution is -2.09. The lowest BCUT2D eigenvalue weighted by atomic mass is 9.96. The van der Waals surface area contributed by atoms with Crippen LogP contribution < -0.4 is 5.73 Å². The summed E-state index contributed by atoms with van der Waals surface area (Å²) < 4.78 is 0. The van der Waals surface area contributed by atoms with Crippen molar-refractivity contribution in [3.63, 3.8) is 0 Å². The third-order valence-corrected chi connectivity index (χ3v) is 3.42. The van der Waals surface area contributed by atoms with Crippen molar-refractivity contribution in [2.75, 3.05) is 6.54 Å². The highest BCUT2D eigenvalue weighted by molar-refractivity contribution is 5.95. The molecule has 0 spiro atoms. The molecule has 0 bridgehead atoms. The van der Waals surface area contributed by atoms with Gasteiger partial charge < -0.3 is 5.73 Å². The topological polar surface area (TPSA) is 43.1 Å². The second-order valence-electron chi connectivity index (χ2n) is 4.97. The predicted octanol–water partition coefficient (Wildman–Crippen LogP) is 3.21. The van der Waals surface area contributed by atoms with Gasteiger partial charge >= 0.3 is 0 Å². The van der Waals surface area contributed by atoms with E-state index in [1.807, 2.05) is 0 Å². The van der Waals surface area contributed by atoms with Gasteiger partial charge in [0.05, 0.1) is 0 Å². The standard InChI is InChI=1S/C14H25NO/c1-12(10-11-15)8-9-14(16)13-6-4-2-3-5-7-13/h6,12H,2-5,7-11,15H2,1H3. The van der Waals surface area contributed by atoms with Crippen LogP contribution in [0.25, 0.3) is 0 Å². The van der Waals surface area contributed by atoms with Crippen LogP contribution in [0.1, 0.15) is 58.3 Å². The molecular weight excluding hydrogens is 198 g/mol. The van der Waals surface area contributed by atoms with E-state index < -0.39 is 0 Å². The molecule has 1 unspecified atom stereocenters. The van der Waals surface area contributed by atoms with Crippen LogP contribution in [-0.2, 0) is 4.79 Å². The number of rotatable bonds is 6. The third-order valence-electron chi connectivity index (χ3n) is 3.42. The van der Waals surface area contributed by atoms with Crippen molar-refractivity contribution in [1.82, 2.24) is 0 Å². The van der Waals surface area contributed by atoms with E-state index in [0.29, 0.717) is 18.1 Å².